The first-order chi connectivity index (χ1) is 17.8. The van der Waals surface area contributed by atoms with Gasteiger partial charge in [-0.3, -0.25) is 0 Å². The van der Waals surface area contributed by atoms with E-state index in [-0.39, 0.29) is 0 Å². The van der Waals surface area contributed by atoms with Crippen LogP contribution in [0.25, 0.3) is 21.5 Å². The van der Waals surface area contributed by atoms with Crippen LogP contribution in [0.2, 0.25) is 0 Å². The van der Waals surface area contributed by atoms with E-state index in [4.69, 9.17) is 9.47 Å². The summed E-state index contributed by atoms with van der Waals surface area (Å²) in [5, 5.41) is 4.71. The van der Waals surface area contributed by atoms with Gasteiger partial charge in [0.1, 0.15) is 11.5 Å². The molecule has 0 atom stereocenters. The van der Waals surface area contributed by atoms with Crippen LogP contribution in [0.3, 0.4) is 0 Å². The molecule has 0 saturated carbocycles. The van der Waals surface area contributed by atoms with Crippen molar-refractivity contribution in [3.63, 3.8) is 0 Å². The fourth-order valence-electron chi connectivity index (χ4n) is 4.63. The van der Waals surface area contributed by atoms with E-state index in [1.165, 1.54) is 88.6 Å². The van der Waals surface area contributed by atoms with Gasteiger partial charge in [-0.05, 0) is 66.7 Å². The number of fused-ring (bicyclic) bond motifs is 2. The van der Waals surface area contributed by atoms with Gasteiger partial charge < -0.3 is 9.47 Å². The minimum atomic E-state index is 0.770. The maximum absolute atomic E-state index is 6.54. The summed E-state index contributed by atoms with van der Waals surface area (Å²) in [6, 6.07) is 15.4. The second-order valence-corrected chi connectivity index (χ2v) is 12.1. The zero-order valence-corrected chi connectivity index (χ0v) is 24.4. The molecule has 0 amide bonds. The van der Waals surface area contributed by atoms with Crippen molar-refractivity contribution in [2.24, 2.45) is 0 Å². The molecule has 0 spiro atoms. The van der Waals surface area contributed by atoms with Gasteiger partial charge in [0.2, 0.25) is 0 Å². The van der Waals surface area contributed by atoms with Crippen molar-refractivity contribution in [1.29, 1.82) is 0 Å². The van der Waals surface area contributed by atoms with Gasteiger partial charge in [0.25, 0.3) is 0 Å². The van der Waals surface area contributed by atoms with Crippen molar-refractivity contribution in [1.82, 2.24) is 0 Å². The first kappa shape index (κ1) is 29.0. The van der Waals surface area contributed by atoms with Crippen molar-refractivity contribution in [3.8, 4) is 11.5 Å². The molecule has 0 N–H and O–H groups in total. The van der Waals surface area contributed by atoms with Gasteiger partial charge in [0.05, 0.1) is 13.2 Å². The molecule has 2 nitrogen and oxygen atoms in total. The van der Waals surface area contributed by atoms with E-state index in [1.807, 2.05) is 23.5 Å². The molecule has 0 bridgehead atoms. The van der Waals surface area contributed by atoms with Crippen molar-refractivity contribution in [3.05, 3.63) is 48.0 Å². The highest BCUT2D eigenvalue weighted by molar-refractivity contribution is 7.99. The predicted molar refractivity (Wildman–Crippen MR) is 165 cm³/mol. The third-order valence-electron chi connectivity index (χ3n) is 6.66. The quantitative estimate of drug-likeness (QED) is 0.114. The normalized spacial score (nSPS) is 11.4. The molecule has 4 heteroatoms. The molecule has 0 aliphatic carbocycles. The van der Waals surface area contributed by atoms with E-state index in [9.17, 15) is 0 Å². The molecule has 0 aliphatic rings. The molecule has 3 aromatic rings. The van der Waals surface area contributed by atoms with Gasteiger partial charge in [-0.1, -0.05) is 82.9 Å². The summed E-state index contributed by atoms with van der Waals surface area (Å²) in [4.78, 5) is 0. The monoisotopic (exact) mass is 526 g/mol. The van der Waals surface area contributed by atoms with Gasteiger partial charge in [0, 0.05) is 21.5 Å². The number of unbranched alkanes of at least 4 members (excludes halogenated alkanes) is 6. The topological polar surface area (TPSA) is 18.5 Å². The Morgan fingerprint density at radius 2 is 1.06 bits per heavy atom. The Balaban J connectivity index is 1.73. The Labute approximate surface area is 228 Å². The lowest BCUT2D eigenvalue weighted by Crippen LogP contribution is -2.03. The summed E-state index contributed by atoms with van der Waals surface area (Å²) in [6.07, 6.45) is 10.9. The first-order valence-electron chi connectivity index (χ1n) is 14.2. The molecule has 0 unspecified atom stereocenters. The van der Waals surface area contributed by atoms with Crippen molar-refractivity contribution in [2.45, 2.75) is 78.6 Å². The molecule has 0 aliphatic heterocycles. The third-order valence-corrected chi connectivity index (χ3v) is 8.64. The smallest absolute Gasteiger partial charge is 0.135 e. The molecular weight excluding hydrogens is 480 g/mol. The van der Waals surface area contributed by atoms with E-state index in [0.29, 0.717) is 0 Å². The maximum Gasteiger partial charge on any atom is 0.135 e. The van der Waals surface area contributed by atoms with Crippen LogP contribution in [0.5, 0.6) is 11.5 Å². The Bertz CT molecular complexity index is 1030. The van der Waals surface area contributed by atoms with Crippen LogP contribution in [-0.2, 0) is 6.42 Å². The number of hydrogen-bond donors (Lipinski definition) is 0. The molecule has 0 heterocycles. The molecule has 0 fully saturated rings. The summed E-state index contributed by atoms with van der Waals surface area (Å²) < 4.78 is 13.1. The number of ether oxygens (including phenoxy) is 2. The summed E-state index contributed by atoms with van der Waals surface area (Å²) in [5.41, 5.74) is 1.34. The highest BCUT2D eigenvalue weighted by Gasteiger charge is 2.16. The molecule has 3 aromatic carbocycles. The van der Waals surface area contributed by atoms with Crippen LogP contribution in [0.4, 0.5) is 0 Å². The Kier molecular flexibility index (Phi) is 13.8. The summed E-state index contributed by atoms with van der Waals surface area (Å²) in [5.74, 6) is 7.06. The third kappa shape index (κ3) is 8.80. The molecule has 198 valence electrons. The first-order valence-corrected chi connectivity index (χ1v) is 16.5. The highest BCUT2D eigenvalue weighted by atomic mass is 32.2. The lowest BCUT2D eigenvalue weighted by Gasteiger charge is -2.18. The largest absolute Gasteiger partial charge is 0.492 e. The van der Waals surface area contributed by atoms with Gasteiger partial charge >= 0.3 is 0 Å². The van der Waals surface area contributed by atoms with E-state index in [2.05, 4.69) is 63.2 Å². The van der Waals surface area contributed by atoms with Gasteiger partial charge in [0.15, 0.2) is 0 Å². The molecule has 36 heavy (non-hydrogen) atoms. The minimum absolute atomic E-state index is 0.770. The van der Waals surface area contributed by atoms with Crippen molar-refractivity contribution in [2.75, 3.05) is 36.2 Å². The SMILES string of the molecule is CCSCCCCCCOc1c2ccccc2c(OCCCCCCSCC)c2cc(CC)ccc12. The predicted octanol–water partition coefficient (Wildman–Crippen LogP) is 9.94. The van der Waals surface area contributed by atoms with Crippen molar-refractivity contribution < 1.29 is 9.47 Å². The molecule has 0 aromatic heterocycles. The standard InChI is InChI=1S/C32H46O2S2/c1-4-26-19-20-29-30(25-26)32(34-22-14-8-10-16-24-36-6-3)28-18-12-11-17-27(28)31(29)33-21-13-7-9-15-23-35-5-2/h11-12,17-20,25H,4-10,13-16,21-24H2,1-3H3. The Morgan fingerprint density at radius 1 is 0.556 bits per heavy atom. The zero-order valence-electron chi connectivity index (χ0n) is 22.8. The Morgan fingerprint density at radius 3 is 1.58 bits per heavy atom. The van der Waals surface area contributed by atoms with Crippen LogP contribution >= 0.6 is 23.5 Å². The molecular formula is C32H46O2S2. The molecule has 0 radical (unpaired) electrons. The van der Waals surface area contributed by atoms with E-state index in [1.54, 1.807) is 0 Å². The van der Waals surface area contributed by atoms with Gasteiger partial charge in [-0.2, -0.15) is 23.5 Å². The highest BCUT2D eigenvalue weighted by Crippen LogP contribution is 2.43. The van der Waals surface area contributed by atoms with E-state index < -0.39 is 0 Å². The van der Waals surface area contributed by atoms with Crippen LogP contribution in [0.1, 0.15) is 77.7 Å². The van der Waals surface area contributed by atoms with Gasteiger partial charge in [-0.15, -0.1) is 0 Å². The van der Waals surface area contributed by atoms with E-state index >= 15 is 0 Å². The van der Waals surface area contributed by atoms with Crippen LogP contribution in [0, 0.1) is 0 Å². The lowest BCUT2D eigenvalue weighted by molar-refractivity contribution is 0.307. The maximum atomic E-state index is 6.54. The zero-order chi connectivity index (χ0) is 25.4. The summed E-state index contributed by atoms with van der Waals surface area (Å²) >= 11 is 4.09. The number of thioether (sulfide) groups is 2. The summed E-state index contributed by atoms with van der Waals surface area (Å²) in [7, 11) is 0. The van der Waals surface area contributed by atoms with Crippen molar-refractivity contribution >= 4 is 45.1 Å². The summed E-state index contributed by atoms with van der Waals surface area (Å²) in [6.45, 7) is 8.24. The molecule has 0 saturated heterocycles. The lowest BCUT2D eigenvalue weighted by atomic mass is 9.98. The second kappa shape index (κ2) is 17.1. The Hall–Kier alpha value is -1.52. The average molecular weight is 527 g/mol. The average Bonchev–Trinajstić information content (AvgIpc) is 2.91. The number of hydrogen-bond acceptors (Lipinski definition) is 4. The number of rotatable bonds is 19. The van der Waals surface area contributed by atoms with Crippen LogP contribution in [0.15, 0.2) is 42.5 Å². The van der Waals surface area contributed by atoms with Crippen LogP contribution in [-0.4, -0.2) is 36.2 Å². The number of aryl methyl sites for hydroxylation is 1. The minimum Gasteiger partial charge on any atom is -0.492 e. The number of benzene rings is 3. The fourth-order valence-corrected chi connectivity index (χ4v) is 6.03. The molecule has 3 rings (SSSR count). The van der Waals surface area contributed by atoms with E-state index in [0.717, 1.165) is 44.0 Å². The van der Waals surface area contributed by atoms with Gasteiger partial charge in [-0.25, -0.2) is 0 Å². The fraction of sp³-hybridized carbons (Fsp3) is 0.562. The van der Waals surface area contributed by atoms with Crippen LogP contribution < -0.4 is 9.47 Å². The second-order valence-electron chi connectivity index (χ2n) is 9.36.